The number of carbonyl (C=O) groups excluding carboxylic acids is 2. The summed E-state index contributed by atoms with van der Waals surface area (Å²) in [7, 11) is 1.55. The van der Waals surface area contributed by atoms with Crippen LogP contribution in [0.1, 0.15) is 0 Å². The van der Waals surface area contributed by atoms with Gasteiger partial charge in [0.1, 0.15) is 12.3 Å². The molecule has 1 heterocycles. The van der Waals surface area contributed by atoms with Crippen LogP contribution in [0.5, 0.6) is 5.75 Å². The van der Waals surface area contributed by atoms with E-state index in [2.05, 4.69) is 10.3 Å². The van der Waals surface area contributed by atoms with E-state index in [1.807, 2.05) is 0 Å². The predicted octanol–water partition coefficient (Wildman–Crippen LogP) is 1.94. The highest BCUT2D eigenvalue weighted by Gasteiger charge is 2.34. The van der Waals surface area contributed by atoms with Crippen molar-refractivity contribution < 1.29 is 14.3 Å². The molecule has 1 aromatic rings. The zero-order valence-electron chi connectivity index (χ0n) is 12.9. The summed E-state index contributed by atoms with van der Waals surface area (Å²) in [6.45, 7) is -0.181. The Morgan fingerprint density at radius 1 is 1.42 bits per heavy atom. The van der Waals surface area contributed by atoms with Crippen molar-refractivity contribution in [1.82, 2.24) is 4.90 Å². The number of carbonyl (C=O) groups is 2. The largest absolute Gasteiger partial charge is 0.497 e. The van der Waals surface area contributed by atoms with Gasteiger partial charge < -0.3 is 10.1 Å². The van der Waals surface area contributed by atoms with Crippen molar-refractivity contribution in [2.45, 2.75) is 0 Å². The van der Waals surface area contributed by atoms with Gasteiger partial charge in [-0.2, -0.15) is 0 Å². The SMILES string of the molecule is COc1cccc(NC(=O)CN2C(=O)C3C=CC=CC3=NC2=S)c1. The number of fused-ring (bicyclic) bond motifs is 1. The maximum atomic E-state index is 12.5. The van der Waals surface area contributed by atoms with Gasteiger partial charge in [0, 0.05) is 11.8 Å². The van der Waals surface area contributed by atoms with Crippen LogP contribution in [0.2, 0.25) is 0 Å². The molecule has 0 spiro atoms. The quantitative estimate of drug-likeness (QED) is 0.850. The van der Waals surface area contributed by atoms with Crippen LogP contribution in [0.3, 0.4) is 0 Å². The first-order valence-corrected chi connectivity index (χ1v) is 7.72. The van der Waals surface area contributed by atoms with E-state index >= 15 is 0 Å². The Bertz CT molecular complexity index is 798. The van der Waals surface area contributed by atoms with E-state index in [0.29, 0.717) is 17.1 Å². The Labute approximate surface area is 144 Å². The average molecular weight is 341 g/mol. The standard InChI is InChI=1S/C17H15N3O3S/c1-23-12-6-4-5-11(9-12)18-15(21)10-20-16(22)13-7-2-3-8-14(13)19-17(20)24/h2-9,13H,10H2,1H3,(H,18,21). The number of amides is 2. The summed E-state index contributed by atoms with van der Waals surface area (Å²) < 4.78 is 5.11. The van der Waals surface area contributed by atoms with E-state index in [4.69, 9.17) is 17.0 Å². The third-order valence-corrected chi connectivity index (χ3v) is 3.95. The highest BCUT2D eigenvalue weighted by atomic mass is 32.1. The number of allylic oxidation sites excluding steroid dienone is 3. The minimum Gasteiger partial charge on any atom is -0.497 e. The van der Waals surface area contributed by atoms with Crippen molar-refractivity contribution in [1.29, 1.82) is 0 Å². The minimum atomic E-state index is -0.480. The number of anilines is 1. The van der Waals surface area contributed by atoms with Gasteiger partial charge in [0.2, 0.25) is 16.9 Å². The number of hydrogen-bond donors (Lipinski definition) is 1. The van der Waals surface area contributed by atoms with Crippen LogP contribution in [0.25, 0.3) is 0 Å². The molecule has 0 saturated carbocycles. The monoisotopic (exact) mass is 341 g/mol. The molecule has 1 aliphatic carbocycles. The molecule has 24 heavy (non-hydrogen) atoms. The predicted molar refractivity (Wildman–Crippen MR) is 95.1 cm³/mol. The van der Waals surface area contributed by atoms with E-state index in [1.54, 1.807) is 55.7 Å². The fourth-order valence-corrected chi connectivity index (χ4v) is 2.73. The van der Waals surface area contributed by atoms with E-state index in [1.165, 1.54) is 4.90 Å². The molecule has 1 N–H and O–H groups in total. The topological polar surface area (TPSA) is 71.0 Å². The van der Waals surface area contributed by atoms with Crippen molar-refractivity contribution in [2.75, 3.05) is 19.0 Å². The Morgan fingerprint density at radius 2 is 2.25 bits per heavy atom. The molecule has 7 heteroatoms. The lowest BCUT2D eigenvalue weighted by atomic mass is 9.95. The first-order chi connectivity index (χ1) is 11.6. The molecule has 2 amide bonds. The lowest BCUT2D eigenvalue weighted by Crippen LogP contribution is -2.48. The van der Waals surface area contributed by atoms with Gasteiger partial charge in [0.15, 0.2) is 0 Å². The molecule has 0 saturated heterocycles. The molecule has 1 aromatic carbocycles. The zero-order valence-corrected chi connectivity index (χ0v) is 13.7. The molecule has 0 fully saturated rings. The normalized spacial score (nSPS) is 19.0. The summed E-state index contributed by atoms with van der Waals surface area (Å²) in [5, 5.41) is 2.83. The van der Waals surface area contributed by atoms with Gasteiger partial charge in [-0.15, -0.1) is 0 Å². The number of hydrogen-bond acceptors (Lipinski definition) is 4. The number of thiocarbonyl (C=S) groups is 1. The Balaban J connectivity index is 1.71. The van der Waals surface area contributed by atoms with Gasteiger partial charge in [0.25, 0.3) is 0 Å². The molecule has 1 unspecified atom stereocenters. The van der Waals surface area contributed by atoms with E-state index in [9.17, 15) is 9.59 Å². The molecule has 3 rings (SSSR count). The number of methoxy groups -OCH3 is 1. The summed E-state index contributed by atoms with van der Waals surface area (Å²) in [5.41, 5.74) is 1.19. The molecule has 1 atom stereocenters. The smallest absolute Gasteiger partial charge is 0.244 e. The summed E-state index contributed by atoms with van der Waals surface area (Å²) in [6, 6.07) is 6.97. The molecule has 1 aliphatic heterocycles. The van der Waals surface area contributed by atoms with Crippen LogP contribution in [-0.4, -0.2) is 41.2 Å². The molecular formula is C17H15N3O3S. The molecular weight excluding hydrogens is 326 g/mol. The van der Waals surface area contributed by atoms with E-state index in [-0.39, 0.29) is 23.5 Å². The third kappa shape index (κ3) is 3.26. The Kier molecular flexibility index (Phi) is 4.52. The second-order valence-electron chi connectivity index (χ2n) is 5.25. The second kappa shape index (κ2) is 6.76. The van der Waals surface area contributed by atoms with Gasteiger partial charge in [-0.3, -0.25) is 14.5 Å². The summed E-state index contributed by atoms with van der Waals surface area (Å²) in [4.78, 5) is 30.2. The van der Waals surface area contributed by atoms with Crippen molar-refractivity contribution in [2.24, 2.45) is 10.9 Å². The number of nitrogens with one attached hydrogen (secondary N) is 1. The van der Waals surface area contributed by atoms with Gasteiger partial charge in [0.05, 0.1) is 18.7 Å². The highest BCUT2D eigenvalue weighted by Crippen LogP contribution is 2.20. The van der Waals surface area contributed by atoms with Crippen LogP contribution < -0.4 is 10.1 Å². The molecule has 0 aromatic heterocycles. The van der Waals surface area contributed by atoms with E-state index in [0.717, 1.165) is 0 Å². The molecule has 6 nitrogen and oxygen atoms in total. The average Bonchev–Trinajstić information content (AvgIpc) is 2.59. The van der Waals surface area contributed by atoms with Gasteiger partial charge >= 0.3 is 0 Å². The first-order valence-electron chi connectivity index (χ1n) is 7.31. The Morgan fingerprint density at radius 3 is 3.04 bits per heavy atom. The summed E-state index contributed by atoms with van der Waals surface area (Å²) >= 11 is 5.15. The molecule has 2 aliphatic rings. The maximum Gasteiger partial charge on any atom is 0.244 e. The Hall–Kier alpha value is -2.80. The minimum absolute atomic E-state index is 0.104. The molecule has 0 bridgehead atoms. The second-order valence-corrected chi connectivity index (χ2v) is 5.61. The molecule has 0 radical (unpaired) electrons. The third-order valence-electron chi connectivity index (χ3n) is 3.64. The van der Waals surface area contributed by atoms with Crippen LogP contribution in [0, 0.1) is 5.92 Å². The number of nitrogens with zero attached hydrogens (tertiary/aromatic N) is 2. The summed E-state index contributed by atoms with van der Waals surface area (Å²) in [5.74, 6) is -0.448. The van der Waals surface area contributed by atoms with Gasteiger partial charge in [-0.05, 0) is 30.4 Å². The summed E-state index contributed by atoms with van der Waals surface area (Å²) in [6.07, 6.45) is 7.08. The van der Waals surface area contributed by atoms with Crippen LogP contribution in [0.15, 0.2) is 53.6 Å². The number of rotatable bonds is 4. The fourth-order valence-electron chi connectivity index (χ4n) is 2.47. The van der Waals surface area contributed by atoms with Crippen molar-refractivity contribution >= 4 is 40.5 Å². The molecule has 122 valence electrons. The number of ether oxygens (including phenoxy) is 1. The number of benzene rings is 1. The van der Waals surface area contributed by atoms with Crippen molar-refractivity contribution in [3.8, 4) is 5.75 Å². The number of aliphatic imine (C=N–C) groups is 1. The van der Waals surface area contributed by atoms with Crippen molar-refractivity contribution in [3.63, 3.8) is 0 Å². The van der Waals surface area contributed by atoms with Crippen LogP contribution >= 0.6 is 12.2 Å². The zero-order chi connectivity index (χ0) is 17.1. The fraction of sp³-hybridized carbons (Fsp3) is 0.176. The first kappa shape index (κ1) is 16.1. The highest BCUT2D eigenvalue weighted by molar-refractivity contribution is 7.80. The van der Waals surface area contributed by atoms with Crippen LogP contribution in [0.4, 0.5) is 5.69 Å². The van der Waals surface area contributed by atoms with Gasteiger partial charge in [-0.1, -0.05) is 24.3 Å². The lowest BCUT2D eigenvalue weighted by molar-refractivity contribution is -0.131. The lowest BCUT2D eigenvalue weighted by Gasteiger charge is -2.29. The van der Waals surface area contributed by atoms with Crippen LogP contribution in [-0.2, 0) is 9.59 Å². The maximum absolute atomic E-state index is 12.5. The van der Waals surface area contributed by atoms with Crippen molar-refractivity contribution in [3.05, 3.63) is 48.6 Å². The van der Waals surface area contributed by atoms with E-state index < -0.39 is 5.92 Å². The van der Waals surface area contributed by atoms with Gasteiger partial charge in [-0.25, -0.2) is 4.99 Å².